The molecule has 8 nitrogen and oxygen atoms in total. The number of anilines is 1. The number of carbonyl (C=O) groups is 1. The topological polar surface area (TPSA) is 101 Å². The normalized spacial score (nSPS) is 11.2. The van der Waals surface area contributed by atoms with Crippen LogP contribution in [0.3, 0.4) is 0 Å². The van der Waals surface area contributed by atoms with Gasteiger partial charge >= 0.3 is 6.09 Å². The Labute approximate surface area is 184 Å². The van der Waals surface area contributed by atoms with Crippen LogP contribution in [0.2, 0.25) is 0 Å². The number of nitrogens with zero attached hydrogens (tertiary/aromatic N) is 3. The van der Waals surface area contributed by atoms with Crippen molar-refractivity contribution in [3.8, 4) is 10.6 Å². The molecule has 158 valence electrons. The fourth-order valence-electron chi connectivity index (χ4n) is 2.49. The number of hydrogen-bond acceptors (Lipinski definition) is 7. The second-order valence-electron chi connectivity index (χ2n) is 7.40. The average molecular weight is 445 g/mol. The lowest BCUT2D eigenvalue weighted by Crippen LogP contribution is -2.31. The highest BCUT2D eigenvalue weighted by atomic mass is 32.1. The number of pyridine rings is 1. The van der Waals surface area contributed by atoms with E-state index in [0.29, 0.717) is 28.6 Å². The van der Waals surface area contributed by atoms with Crippen LogP contribution >= 0.6 is 23.6 Å². The molecular formula is C20H24N6O2S2. The molecule has 0 aliphatic heterocycles. The van der Waals surface area contributed by atoms with E-state index in [9.17, 15) is 4.79 Å². The molecule has 3 aromatic rings. The zero-order valence-electron chi connectivity index (χ0n) is 17.3. The average Bonchev–Trinajstić information content (AvgIpc) is 3.14. The van der Waals surface area contributed by atoms with Gasteiger partial charge in [0, 0.05) is 11.4 Å². The molecule has 0 spiro atoms. The predicted octanol–water partition coefficient (Wildman–Crippen LogP) is 4.08. The summed E-state index contributed by atoms with van der Waals surface area (Å²) < 4.78 is 5.26. The van der Waals surface area contributed by atoms with Crippen LogP contribution in [0, 0.1) is 0 Å². The smallest absolute Gasteiger partial charge is 0.407 e. The molecule has 1 amide bonds. The molecule has 3 N–H and O–H groups in total. The minimum absolute atomic E-state index is 0.384. The number of fused-ring (bicyclic) bond motifs is 1. The maximum absolute atomic E-state index is 11.8. The highest BCUT2D eigenvalue weighted by molar-refractivity contribution is 7.80. The molecular weight excluding hydrogens is 420 g/mol. The quantitative estimate of drug-likeness (QED) is 0.506. The van der Waals surface area contributed by atoms with Gasteiger partial charge in [0.2, 0.25) is 0 Å². The summed E-state index contributed by atoms with van der Waals surface area (Å²) in [6, 6.07) is 7.56. The fourth-order valence-corrected chi connectivity index (χ4v) is 3.64. The third-order valence-corrected chi connectivity index (χ3v) is 5.06. The molecule has 3 rings (SSSR count). The second kappa shape index (κ2) is 9.31. The van der Waals surface area contributed by atoms with Crippen molar-refractivity contribution in [2.75, 3.05) is 11.9 Å². The summed E-state index contributed by atoms with van der Waals surface area (Å²) in [6.45, 7) is 8.57. The van der Waals surface area contributed by atoms with Gasteiger partial charge in [0.05, 0.1) is 17.6 Å². The molecule has 0 aliphatic rings. The zero-order valence-corrected chi connectivity index (χ0v) is 18.9. The number of rotatable bonds is 5. The van der Waals surface area contributed by atoms with Gasteiger partial charge in [0.1, 0.15) is 22.6 Å². The van der Waals surface area contributed by atoms with Crippen molar-refractivity contribution in [1.29, 1.82) is 0 Å². The zero-order chi connectivity index (χ0) is 21.7. The molecule has 10 heteroatoms. The predicted molar refractivity (Wildman–Crippen MR) is 124 cm³/mol. The van der Waals surface area contributed by atoms with Gasteiger partial charge in [0.15, 0.2) is 10.8 Å². The van der Waals surface area contributed by atoms with Gasteiger partial charge < -0.3 is 20.7 Å². The molecule has 0 aromatic carbocycles. The van der Waals surface area contributed by atoms with Crippen LogP contribution in [0.5, 0.6) is 0 Å². The van der Waals surface area contributed by atoms with Gasteiger partial charge in [-0.25, -0.2) is 14.8 Å². The van der Waals surface area contributed by atoms with E-state index in [-0.39, 0.29) is 0 Å². The summed E-state index contributed by atoms with van der Waals surface area (Å²) in [4.78, 5) is 27.3. The minimum atomic E-state index is -0.525. The molecule has 0 atom stereocenters. The van der Waals surface area contributed by atoms with Crippen LogP contribution < -0.4 is 16.0 Å². The second-order valence-corrected chi connectivity index (χ2v) is 8.98. The Balaban J connectivity index is 1.72. The standard InChI is InChI=1S/C20H24N6O2S2/c1-5-21-18(29)26-16-9-7-13-17(25-16)24-14(11-22-13)15-8-6-12(30-15)10-23-19(27)28-20(2,3)4/h6-9,11H,5,10H2,1-4H3,(H,23,27)(H2,21,24,25,26,29). The summed E-state index contributed by atoms with van der Waals surface area (Å²) in [5.74, 6) is 0.605. The largest absolute Gasteiger partial charge is 0.444 e. The molecule has 0 radical (unpaired) electrons. The van der Waals surface area contributed by atoms with Gasteiger partial charge in [-0.05, 0) is 64.2 Å². The van der Waals surface area contributed by atoms with Gasteiger partial charge in [-0.2, -0.15) is 0 Å². The fraction of sp³-hybridized carbons (Fsp3) is 0.350. The van der Waals surface area contributed by atoms with Crippen LogP contribution in [-0.4, -0.2) is 38.3 Å². The van der Waals surface area contributed by atoms with E-state index in [1.54, 1.807) is 6.20 Å². The lowest BCUT2D eigenvalue weighted by atomic mass is 10.2. The first-order valence-electron chi connectivity index (χ1n) is 9.48. The Morgan fingerprint density at radius 1 is 1.17 bits per heavy atom. The highest BCUT2D eigenvalue weighted by Crippen LogP contribution is 2.27. The van der Waals surface area contributed by atoms with E-state index >= 15 is 0 Å². The Bertz CT molecular complexity index is 1060. The first-order valence-corrected chi connectivity index (χ1v) is 10.7. The number of hydrogen-bond donors (Lipinski definition) is 3. The van der Waals surface area contributed by atoms with Crippen LogP contribution in [0.15, 0.2) is 30.5 Å². The molecule has 0 unspecified atom stereocenters. The van der Waals surface area contributed by atoms with E-state index in [4.69, 9.17) is 17.0 Å². The Morgan fingerprint density at radius 3 is 2.70 bits per heavy atom. The van der Waals surface area contributed by atoms with Crippen LogP contribution in [0.25, 0.3) is 21.7 Å². The van der Waals surface area contributed by atoms with E-state index in [1.807, 2.05) is 52.0 Å². The first-order chi connectivity index (χ1) is 14.2. The number of nitrogens with one attached hydrogen (secondary N) is 3. The molecule has 0 aliphatic carbocycles. The van der Waals surface area contributed by atoms with Crippen LogP contribution in [0.1, 0.15) is 32.6 Å². The Morgan fingerprint density at radius 2 is 1.97 bits per heavy atom. The maximum atomic E-state index is 11.8. The number of aromatic nitrogens is 3. The van der Waals surface area contributed by atoms with E-state index in [1.165, 1.54) is 11.3 Å². The number of alkyl carbamates (subject to hydrolysis) is 1. The van der Waals surface area contributed by atoms with E-state index < -0.39 is 11.7 Å². The molecule has 3 aromatic heterocycles. The van der Waals surface area contributed by atoms with Gasteiger partial charge in [0.25, 0.3) is 0 Å². The molecule has 0 fully saturated rings. The Hall–Kier alpha value is -2.85. The third-order valence-electron chi connectivity index (χ3n) is 3.71. The van der Waals surface area contributed by atoms with Crippen LogP contribution in [0.4, 0.5) is 10.6 Å². The third kappa shape index (κ3) is 6.07. The van der Waals surface area contributed by atoms with Gasteiger partial charge in [-0.3, -0.25) is 4.98 Å². The number of ether oxygens (including phenoxy) is 1. The summed E-state index contributed by atoms with van der Waals surface area (Å²) in [6.07, 6.45) is 1.28. The lowest BCUT2D eigenvalue weighted by Gasteiger charge is -2.19. The molecule has 0 saturated heterocycles. The van der Waals surface area contributed by atoms with Crippen molar-refractivity contribution in [3.63, 3.8) is 0 Å². The maximum Gasteiger partial charge on any atom is 0.407 e. The van der Waals surface area contributed by atoms with E-state index in [2.05, 4.69) is 30.9 Å². The van der Waals surface area contributed by atoms with Gasteiger partial charge in [-0.15, -0.1) is 11.3 Å². The summed E-state index contributed by atoms with van der Waals surface area (Å²) in [7, 11) is 0. The Kier molecular flexibility index (Phi) is 6.78. The number of carbonyl (C=O) groups excluding carboxylic acids is 1. The molecule has 0 saturated carbocycles. The summed E-state index contributed by atoms with van der Waals surface area (Å²) >= 11 is 6.73. The minimum Gasteiger partial charge on any atom is -0.444 e. The summed E-state index contributed by atoms with van der Waals surface area (Å²) in [5.41, 5.74) is 1.41. The van der Waals surface area contributed by atoms with Crippen molar-refractivity contribution in [2.24, 2.45) is 0 Å². The van der Waals surface area contributed by atoms with Crippen molar-refractivity contribution in [1.82, 2.24) is 25.6 Å². The number of thiophene rings is 1. The molecule has 30 heavy (non-hydrogen) atoms. The van der Waals surface area contributed by atoms with Gasteiger partial charge in [-0.1, -0.05) is 0 Å². The first kappa shape index (κ1) is 21.8. The van der Waals surface area contributed by atoms with Crippen molar-refractivity contribution < 1.29 is 9.53 Å². The van der Waals surface area contributed by atoms with Crippen molar-refractivity contribution in [2.45, 2.75) is 39.8 Å². The SMILES string of the molecule is CCNC(=S)Nc1ccc2ncc(-c3ccc(CNC(=O)OC(C)(C)C)s3)nc2n1. The highest BCUT2D eigenvalue weighted by Gasteiger charge is 2.16. The molecule has 0 bridgehead atoms. The molecule has 3 heterocycles. The monoisotopic (exact) mass is 444 g/mol. The van der Waals surface area contributed by atoms with Crippen molar-refractivity contribution >= 4 is 51.7 Å². The number of thiocarbonyl (C=S) groups is 1. The van der Waals surface area contributed by atoms with Crippen molar-refractivity contribution in [3.05, 3.63) is 35.3 Å². The lowest BCUT2D eigenvalue weighted by molar-refractivity contribution is 0.0524. The van der Waals surface area contributed by atoms with Crippen LogP contribution in [-0.2, 0) is 11.3 Å². The van der Waals surface area contributed by atoms with E-state index in [0.717, 1.165) is 22.0 Å². The summed E-state index contributed by atoms with van der Waals surface area (Å²) in [5, 5.41) is 9.32. The number of amides is 1.